The molecule has 0 aliphatic heterocycles. The first-order chi connectivity index (χ1) is 9.39. The summed E-state index contributed by atoms with van der Waals surface area (Å²) in [5.41, 5.74) is 2.13. The zero-order valence-electron chi connectivity index (χ0n) is 12.2. The van der Waals surface area contributed by atoms with Gasteiger partial charge in [0.1, 0.15) is 5.60 Å². The number of hydrogen-bond donors (Lipinski definition) is 1. The van der Waals surface area contributed by atoms with Crippen LogP contribution >= 0.6 is 15.9 Å². The average molecular weight is 333 g/mol. The minimum absolute atomic E-state index is 0.612. The lowest BCUT2D eigenvalue weighted by atomic mass is 9.86. The quantitative estimate of drug-likeness (QED) is 0.843. The Bertz CT molecular complexity index is 587. The monoisotopic (exact) mass is 332 g/mol. The molecule has 0 heterocycles. The van der Waals surface area contributed by atoms with Crippen molar-refractivity contribution < 1.29 is 5.11 Å². The van der Waals surface area contributed by atoms with Gasteiger partial charge in [0.05, 0.1) is 0 Å². The van der Waals surface area contributed by atoms with Crippen LogP contribution < -0.4 is 0 Å². The van der Waals surface area contributed by atoms with Crippen molar-refractivity contribution in [2.45, 2.75) is 32.8 Å². The lowest BCUT2D eigenvalue weighted by molar-refractivity contribution is 0.102. The molecule has 2 aromatic rings. The van der Waals surface area contributed by atoms with Gasteiger partial charge in [-0.05, 0) is 48.1 Å². The molecular formula is C18H21BrO. The van der Waals surface area contributed by atoms with Gasteiger partial charge in [-0.3, -0.25) is 0 Å². The normalized spacial score (nSPS) is 14.3. The fourth-order valence-electron chi connectivity index (χ4n) is 2.43. The van der Waals surface area contributed by atoms with Gasteiger partial charge in [0.15, 0.2) is 0 Å². The fourth-order valence-corrected chi connectivity index (χ4v) is 2.83. The van der Waals surface area contributed by atoms with E-state index in [0.29, 0.717) is 5.92 Å². The summed E-state index contributed by atoms with van der Waals surface area (Å²) in [7, 11) is 0. The second-order valence-electron chi connectivity index (χ2n) is 5.88. The van der Waals surface area contributed by atoms with Crippen LogP contribution in [0.25, 0.3) is 0 Å². The van der Waals surface area contributed by atoms with Gasteiger partial charge in [-0.1, -0.05) is 66.2 Å². The molecule has 0 saturated carbocycles. The number of halogens is 1. The molecule has 0 aromatic heterocycles. The number of aliphatic hydroxyl groups is 1. The highest BCUT2D eigenvalue weighted by molar-refractivity contribution is 9.10. The predicted octanol–water partition coefficient (Wildman–Crippen LogP) is 4.90. The Kier molecular flexibility index (Phi) is 4.66. The van der Waals surface area contributed by atoms with Crippen LogP contribution in [-0.2, 0) is 12.0 Å². The molecule has 0 spiro atoms. The Morgan fingerprint density at radius 2 is 1.65 bits per heavy atom. The van der Waals surface area contributed by atoms with Crippen molar-refractivity contribution >= 4 is 15.9 Å². The predicted molar refractivity (Wildman–Crippen MR) is 87.8 cm³/mol. The van der Waals surface area contributed by atoms with Crippen molar-refractivity contribution in [2.75, 3.05) is 0 Å². The first-order valence-electron chi connectivity index (χ1n) is 6.97. The van der Waals surface area contributed by atoms with Gasteiger partial charge in [-0.2, -0.15) is 0 Å². The maximum absolute atomic E-state index is 10.9. The Balaban J connectivity index is 2.38. The third kappa shape index (κ3) is 3.50. The van der Waals surface area contributed by atoms with Crippen LogP contribution in [0, 0.1) is 5.92 Å². The largest absolute Gasteiger partial charge is 0.381 e. The molecule has 2 rings (SSSR count). The molecular weight excluding hydrogens is 312 g/mol. The molecule has 1 unspecified atom stereocenters. The summed E-state index contributed by atoms with van der Waals surface area (Å²) in [6.07, 6.45) is 1.03. The second-order valence-corrected chi connectivity index (χ2v) is 6.80. The topological polar surface area (TPSA) is 20.2 Å². The van der Waals surface area contributed by atoms with E-state index in [1.165, 1.54) is 5.56 Å². The first-order valence-corrected chi connectivity index (χ1v) is 7.76. The maximum Gasteiger partial charge on any atom is 0.112 e. The van der Waals surface area contributed by atoms with E-state index >= 15 is 0 Å². The molecule has 2 aromatic carbocycles. The van der Waals surface area contributed by atoms with Gasteiger partial charge in [0.25, 0.3) is 0 Å². The zero-order valence-corrected chi connectivity index (χ0v) is 13.8. The molecule has 0 amide bonds. The van der Waals surface area contributed by atoms with Gasteiger partial charge >= 0.3 is 0 Å². The summed E-state index contributed by atoms with van der Waals surface area (Å²) >= 11 is 3.46. The lowest BCUT2D eigenvalue weighted by Crippen LogP contribution is -2.23. The van der Waals surface area contributed by atoms with E-state index in [4.69, 9.17) is 0 Å². The second kappa shape index (κ2) is 6.11. The molecule has 106 valence electrons. The lowest BCUT2D eigenvalue weighted by Gasteiger charge is -2.25. The van der Waals surface area contributed by atoms with Gasteiger partial charge < -0.3 is 5.11 Å². The summed E-state index contributed by atoms with van der Waals surface area (Å²) in [6, 6.07) is 16.1. The molecule has 1 atom stereocenters. The summed E-state index contributed by atoms with van der Waals surface area (Å²) in [5, 5.41) is 10.9. The Morgan fingerprint density at radius 1 is 1.05 bits per heavy atom. The van der Waals surface area contributed by atoms with Crippen LogP contribution in [0.2, 0.25) is 0 Å². The minimum atomic E-state index is -0.975. The minimum Gasteiger partial charge on any atom is -0.381 e. The van der Waals surface area contributed by atoms with E-state index in [-0.39, 0.29) is 0 Å². The van der Waals surface area contributed by atoms with Gasteiger partial charge in [0, 0.05) is 4.47 Å². The van der Waals surface area contributed by atoms with E-state index in [0.717, 1.165) is 22.0 Å². The molecule has 2 heteroatoms. The van der Waals surface area contributed by atoms with Crippen molar-refractivity contribution in [3.05, 3.63) is 69.7 Å². The van der Waals surface area contributed by atoms with Crippen LogP contribution in [0.5, 0.6) is 0 Å². The standard InChI is InChI=1S/C18H21BrO/c1-13(2)10-14-6-4-7-15(11-14)18(3,20)16-8-5-9-17(19)12-16/h4-9,11-13,20H,10H2,1-3H3. The van der Waals surface area contributed by atoms with E-state index < -0.39 is 5.60 Å². The maximum atomic E-state index is 10.9. The highest BCUT2D eigenvalue weighted by Gasteiger charge is 2.25. The average Bonchev–Trinajstić information content (AvgIpc) is 2.38. The van der Waals surface area contributed by atoms with Crippen LogP contribution in [0.4, 0.5) is 0 Å². The van der Waals surface area contributed by atoms with Crippen molar-refractivity contribution in [3.63, 3.8) is 0 Å². The van der Waals surface area contributed by atoms with E-state index in [9.17, 15) is 5.11 Å². The number of rotatable bonds is 4. The Morgan fingerprint density at radius 3 is 2.25 bits per heavy atom. The fraction of sp³-hybridized carbons (Fsp3) is 0.333. The van der Waals surface area contributed by atoms with E-state index in [1.54, 1.807) is 0 Å². The van der Waals surface area contributed by atoms with Gasteiger partial charge in [0.2, 0.25) is 0 Å². The van der Waals surface area contributed by atoms with Crippen LogP contribution in [0.1, 0.15) is 37.5 Å². The van der Waals surface area contributed by atoms with Gasteiger partial charge in [-0.15, -0.1) is 0 Å². The molecule has 0 fully saturated rings. The summed E-state index contributed by atoms with van der Waals surface area (Å²) in [4.78, 5) is 0. The third-order valence-corrected chi connectivity index (χ3v) is 4.01. The van der Waals surface area contributed by atoms with Crippen molar-refractivity contribution in [1.82, 2.24) is 0 Å². The van der Waals surface area contributed by atoms with Crippen molar-refractivity contribution in [1.29, 1.82) is 0 Å². The van der Waals surface area contributed by atoms with E-state index in [1.807, 2.05) is 43.3 Å². The molecule has 1 nitrogen and oxygen atoms in total. The molecule has 20 heavy (non-hydrogen) atoms. The Labute approximate surface area is 129 Å². The van der Waals surface area contributed by atoms with Crippen LogP contribution in [-0.4, -0.2) is 5.11 Å². The van der Waals surface area contributed by atoms with Crippen molar-refractivity contribution in [2.24, 2.45) is 5.92 Å². The third-order valence-electron chi connectivity index (χ3n) is 3.52. The summed E-state index contributed by atoms with van der Waals surface area (Å²) in [6.45, 7) is 6.27. The summed E-state index contributed by atoms with van der Waals surface area (Å²) < 4.78 is 0.980. The SMILES string of the molecule is CC(C)Cc1cccc(C(C)(O)c2cccc(Br)c2)c1. The van der Waals surface area contributed by atoms with Crippen LogP contribution in [0.15, 0.2) is 53.0 Å². The van der Waals surface area contributed by atoms with Crippen molar-refractivity contribution in [3.8, 4) is 0 Å². The zero-order chi connectivity index (χ0) is 14.8. The summed E-state index contributed by atoms with van der Waals surface area (Å²) in [5.74, 6) is 0.612. The molecule has 0 aliphatic carbocycles. The Hall–Kier alpha value is -1.12. The molecule has 0 saturated heterocycles. The van der Waals surface area contributed by atoms with Crippen LogP contribution in [0.3, 0.4) is 0 Å². The highest BCUT2D eigenvalue weighted by Crippen LogP contribution is 2.31. The first kappa shape index (κ1) is 15.3. The highest BCUT2D eigenvalue weighted by atomic mass is 79.9. The molecule has 1 N–H and O–H groups in total. The molecule has 0 radical (unpaired) electrons. The number of benzene rings is 2. The molecule has 0 aliphatic rings. The van der Waals surface area contributed by atoms with Gasteiger partial charge in [-0.25, -0.2) is 0 Å². The van der Waals surface area contributed by atoms with E-state index in [2.05, 4.69) is 41.9 Å². The molecule has 0 bridgehead atoms. The number of hydrogen-bond acceptors (Lipinski definition) is 1. The smallest absolute Gasteiger partial charge is 0.112 e.